The zero-order valence-corrected chi connectivity index (χ0v) is 6.58. The summed E-state index contributed by atoms with van der Waals surface area (Å²) in [5.74, 6) is 0.221. The maximum absolute atomic E-state index is 10.1. The molecule has 0 bridgehead atoms. The van der Waals surface area contributed by atoms with E-state index in [1.165, 1.54) is 11.8 Å². The predicted octanol–water partition coefficient (Wildman–Crippen LogP) is -0.478. The van der Waals surface area contributed by atoms with E-state index < -0.39 is 15.5 Å². The van der Waals surface area contributed by atoms with Crippen molar-refractivity contribution in [2.45, 2.75) is 5.37 Å². The molecule has 1 unspecified atom stereocenters. The number of hydrogen-bond donors (Lipinski definition) is 2. The van der Waals surface area contributed by atoms with E-state index in [2.05, 4.69) is 0 Å². The average Bonchev–Trinajstić information content (AvgIpc) is 1.64. The van der Waals surface area contributed by atoms with Gasteiger partial charge in [-0.1, -0.05) is 0 Å². The van der Waals surface area contributed by atoms with Crippen molar-refractivity contribution >= 4 is 21.9 Å². The third kappa shape index (κ3) is 3.74. The Morgan fingerprint density at radius 2 is 2.22 bits per heavy atom. The second kappa shape index (κ2) is 3.40. The summed E-state index contributed by atoms with van der Waals surface area (Å²) < 4.78 is 28.5. The summed E-state index contributed by atoms with van der Waals surface area (Å²) in [6, 6.07) is 0. The first-order valence-corrected chi connectivity index (χ1v) is 5.09. The van der Waals surface area contributed by atoms with E-state index in [1.54, 1.807) is 6.26 Å². The van der Waals surface area contributed by atoms with E-state index in [0.29, 0.717) is 0 Å². The lowest BCUT2D eigenvalue weighted by molar-refractivity contribution is 0.472. The lowest BCUT2D eigenvalue weighted by atomic mass is 10.8. The van der Waals surface area contributed by atoms with Crippen molar-refractivity contribution < 1.29 is 13.0 Å². The molecule has 0 aromatic rings. The zero-order chi connectivity index (χ0) is 7.49. The fourth-order valence-corrected chi connectivity index (χ4v) is 1.67. The molecule has 0 saturated heterocycles. The Morgan fingerprint density at radius 3 is 2.33 bits per heavy atom. The first-order valence-electron chi connectivity index (χ1n) is 2.19. The second-order valence-electron chi connectivity index (χ2n) is 1.51. The molecule has 9 heavy (non-hydrogen) atoms. The van der Waals surface area contributed by atoms with Crippen LogP contribution in [0.3, 0.4) is 0 Å². The first-order chi connectivity index (χ1) is 3.98. The molecular weight excluding hydrogens is 162 g/mol. The van der Waals surface area contributed by atoms with Gasteiger partial charge in [-0.2, -0.15) is 20.2 Å². The number of hydrogen-bond acceptors (Lipinski definition) is 4. The highest BCUT2D eigenvalue weighted by Gasteiger charge is 2.15. The van der Waals surface area contributed by atoms with Crippen LogP contribution in [0, 0.1) is 0 Å². The predicted molar refractivity (Wildman–Crippen MR) is 37.9 cm³/mol. The monoisotopic (exact) mass is 171 g/mol. The second-order valence-corrected chi connectivity index (χ2v) is 4.05. The summed E-state index contributed by atoms with van der Waals surface area (Å²) in [7, 11) is -4.01. The number of rotatable bonds is 3. The van der Waals surface area contributed by atoms with Crippen molar-refractivity contribution in [3.63, 3.8) is 0 Å². The summed E-state index contributed by atoms with van der Waals surface area (Å²) in [5, 5.41) is -1.15. The highest BCUT2D eigenvalue weighted by atomic mass is 32.2. The molecule has 6 heteroatoms. The molecule has 0 aliphatic rings. The molecule has 0 radical (unpaired) electrons. The maximum atomic E-state index is 10.1. The van der Waals surface area contributed by atoms with Gasteiger partial charge in [0.05, 0.1) is 0 Å². The van der Waals surface area contributed by atoms with Gasteiger partial charge in [-0.3, -0.25) is 4.55 Å². The molecule has 0 heterocycles. The largest absolute Gasteiger partial charge is 0.312 e. The minimum Gasteiger partial charge on any atom is -0.312 e. The van der Waals surface area contributed by atoms with Crippen LogP contribution >= 0.6 is 11.8 Å². The van der Waals surface area contributed by atoms with Gasteiger partial charge in [0.2, 0.25) is 0 Å². The molecule has 0 spiro atoms. The molecule has 56 valence electrons. The number of thioether (sulfide) groups is 1. The van der Waals surface area contributed by atoms with E-state index in [1.807, 2.05) is 0 Å². The minimum atomic E-state index is -4.01. The fraction of sp³-hybridized carbons (Fsp3) is 1.00. The maximum Gasteiger partial charge on any atom is 0.281 e. The molecule has 4 nitrogen and oxygen atoms in total. The van der Waals surface area contributed by atoms with E-state index in [4.69, 9.17) is 10.3 Å². The van der Waals surface area contributed by atoms with Crippen LogP contribution in [0.1, 0.15) is 0 Å². The molecule has 0 amide bonds. The highest BCUT2D eigenvalue weighted by Crippen LogP contribution is 1.99. The van der Waals surface area contributed by atoms with Gasteiger partial charge in [0.1, 0.15) is 5.37 Å². The molecule has 0 aliphatic carbocycles. The molecule has 0 aromatic heterocycles. The molecule has 0 aromatic carbocycles. The van der Waals surface area contributed by atoms with Gasteiger partial charge in [-0.15, -0.1) is 0 Å². The summed E-state index contributed by atoms with van der Waals surface area (Å²) >= 11 is 1.27. The topological polar surface area (TPSA) is 80.4 Å². The van der Waals surface area contributed by atoms with Crippen molar-refractivity contribution in [1.29, 1.82) is 0 Å². The van der Waals surface area contributed by atoms with Gasteiger partial charge < -0.3 is 5.73 Å². The first kappa shape index (κ1) is 9.22. The quantitative estimate of drug-likeness (QED) is 0.561. The molecule has 0 saturated carbocycles. The van der Waals surface area contributed by atoms with E-state index in [9.17, 15) is 8.42 Å². The van der Waals surface area contributed by atoms with Gasteiger partial charge in [0.15, 0.2) is 0 Å². The molecule has 0 aliphatic heterocycles. The van der Waals surface area contributed by atoms with Crippen molar-refractivity contribution in [2.75, 3.05) is 12.0 Å². The lowest BCUT2D eigenvalue weighted by Crippen LogP contribution is -2.32. The Labute approximate surface area is 58.6 Å². The summed E-state index contributed by atoms with van der Waals surface area (Å²) in [6.45, 7) is 0. The molecule has 1 atom stereocenters. The number of nitrogens with two attached hydrogens (primary N) is 1. The van der Waals surface area contributed by atoms with Crippen LogP contribution in [0.15, 0.2) is 0 Å². The third-order valence-electron chi connectivity index (χ3n) is 0.714. The Kier molecular flexibility index (Phi) is 3.49. The van der Waals surface area contributed by atoms with E-state index in [-0.39, 0.29) is 5.75 Å². The SMILES string of the molecule is CSCC(N)S(=O)(=O)O. The Hall–Kier alpha value is 0.220. The minimum absolute atomic E-state index is 0.221. The molecule has 3 N–H and O–H groups in total. The van der Waals surface area contributed by atoms with Crippen LogP contribution in [0.2, 0.25) is 0 Å². The normalized spacial score (nSPS) is 15.4. The molecular formula is C3H9NO3S2. The lowest BCUT2D eigenvalue weighted by Gasteiger charge is -2.03. The zero-order valence-electron chi connectivity index (χ0n) is 4.94. The smallest absolute Gasteiger partial charge is 0.281 e. The van der Waals surface area contributed by atoms with Crippen LogP contribution in [0.25, 0.3) is 0 Å². The van der Waals surface area contributed by atoms with Crippen molar-refractivity contribution in [1.82, 2.24) is 0 Å². The third-order valence-corrected chi connectivity index (χ3v) is 2.55. The Bertz CT molecular complexity index is 164. The van der Waals surface area contributed by atoms with Gasteiger partial charge in [-0.05, 0) is 6.26 Å². The summed E-state index contributed by atoms with van der Waals surface area (Å²) in [6.07, 6.45) is 1.71. The van der Waals surface area contributed by atoms with Gasteiger partial charge in [0, 0.05) is 5.75 Å². The van der Waals surface area contributed by atoms with Crippen molar-refractivity contribution in [2.24, 2.45) is 5.73 Å². The molecule has 0 fully saturated rings. The van der Waals surface area contributed by atoms with Crippen LogP contribution in [-0.4, -0.2) is 30.4 Å². The Balaban J connectivity index is 3.90. The van der Waals surface area contributed by atoms with Gasteiger partial charge >= 0.3 is 0 Å². The summed E-state index contributed by atoms with van der Waals surface area (Å²) in [5.41, 5.74) is 5.00. The standard InChI is InChI=1S/C3H9NO3S2/c1-8-2-3(4)9(5,6)7/h3H,2,4H2,1H3,(H,5,6,7). The van der Waals surface area contributed by atoms with Crippen LogP contribution in [-0.2, 0) is 10.1 Å². The highest BCUT2D eigenvalue weighted by molar-refractivity contribution is 7.99. The van der Waals surface area contributed by atoms with Crippen LogP contribution in [0.4, 0.5) is 0 Å². The van der Waals surface area contributed by atoms with E-state index >= 15 is 0 Å². The summed E-state index contributed by atoms with van der Waals surface area (Å²) in [4.78, 5) is 0. The van der Waals surface area contributed by atoms with Crippen molar-refractivity contribution in [3.05, 3.63) is 0 Å². The van der Waals surface area contributed by atoms with Gasteiger partial charge in [-0.25, -0.2) is 0 Å². The fourth-order valence-electron chi connectivity index (χ4n) is 0.250. The molecule has 0 rings (SSSR count). The Morgan fingerprint density at radius 1 is 1.78 bits per heavy atom. The van der Waals surface area contributed by atoms with E-state index in [0.717, 1.165) is 0 Å². The van der Waals surface area contributed by atoms with Crippen molar-refractivity contribution in [3.8, 4) is 0 Å². The van der Waals surface area contributed by atoms with Gasteiger partial charge in [0.25, 0.3) is 10.1 Å². The average molecular weight is 171 g/mol. The van der Waals surface area contributed by atoms with Crippen LogP contribution < -0.4 is 5.73 Å². The van der Waals surface area contributed by atoms with Crippen LogP contribution in [0.5, 0.6) is 0 Å².